The fourth-order valence-electron chi connectivity index (χ4n) is 1.72. The number of amides is 2. The van der Waals surface area contributed by atoms with E-state index in [0.29, 0.717) is 5.69 Å². The number of rotatable bonds is 5. The monoisotopic (exact) mass is 314 g/mol. The summed E-state index contributed by atoms with van der Waals surface area (Å²) in [5.41, 5.74) is 0.575. The number of imide groups is 1. The van der Waals surface area contributed by atoms with Gasteiger partial charge in [-0.3, -0.25) is 14.5 Å². The quantitative estimate of drug-likeness (QED) is 0.809. The molecule has 0 aromatic heterocycles. The van der Waals surface area contributed by atoms with E-state index < -0.39 is 11.3 Å². The smallest absolute Gasteiger partial charge is 0.335 e. The van der Waals surface area contributed by atoms with Gasteiger partial charge in [0.1, 0.15) is 0 Å². The SMILES string of the molecule is O=C(O)c1cccc(NC2SC(=O)N(CCCl)C2=O)c1. The lowest BCUT2D eigenvalue weighted by molar-refractivity contribution is -0.126. The molecule has 8 heteroatoms. The van der Waals surface area contributed by atoms with Gasteiger partial charge in [-0.15, -0.1) is 11.6 Å². The van der Waals surface area contributed by atoms with Crippen molar-refractivity contribution in [2.24, 2.45) is 0 Å². The molecular formula is C12H11ClN2O4S. The Morgan fingerprint density at radius 3 is 2.85 bits per heavy atom. The number of benzene rings is 1. The predicted molar refractivity (Wildman–Crippen MR) is 76.2 cm³/mol. The minimum Gasteiger partial charge on any atom is -0.478 e. The molecule has 1 aliphatic heterocycles. The van der Waals surface area contributed by atoms with Crippen LogP contribution in [-0.2, 0) is 4.79 Å². The number of hydrogen-bond acceptors (Lipinski definition) is 5. The zero-order valence-electron chi connectivity index (χ0n) is 10.2. The van der Waals surface area contributed by atoms with E-state index >= 15 is 0 Å². The van der Waals surface area contributed by atoms with Gasteiger partial charge in [0.15, 0.2) is 5.37 Å². The average Bonchev–Trinajstić information content (AvgIpc) is 2.67. The number of hydrogen-bond donors (Lipinski definition) is 2. The van der Waals surface area contributed by atoms with Gasteiger partial charge >= 0.3 is 5.97 Å². The largest absolute Gasteiger partial charge is 0.478 e. The second kappa shape index (κ2) is 6.15. The Morgan fingerprint density at radius 1 is 1.45 bits per heavy atom. The molecule has 1 saturated heterocycles. The summed E-state index contributed by atoms with van der Waals surface area (Å²) in [6.07, 6.45) is 0. The molecule has 2 N–H and O–H groups in total. The van der Waals surface area contributed by atoms with Crippen molar-refractivity contribution in [3.05, 3.63) is 29.8 Å². The van der Waals surface area contributed by atoms with Crippen molar-refractivity contribution in [2.75, 3.05) is 17.7 Å². The van der Waals surface area contributed by atoms with Crippen molar-refractivity contribution in [1.82, 2.24) is 4.90 Å². The van der Waals surface area contributed by atoms with Crippen molar-refractivity contribution in [3.63, 3.8) is 0 Å². The molecule has 1 atom stereocenters. The molecule has 20 heavy (non-hydrogen) atoms. The number of thioether (sulfide) groups is 1. The first-order valence-corrected chi connectivity index (χ1v) is 7.12. The molecule has 0 bridgehead atoms. The Hall–Kier alpha value is -1.73. The van der Waals surface area contributed by atoms with Crippen LogP contribution in [0, 0.1) is 0 Å². The second-order valence-corrected chi connectivity index (χ2v) is 5.41. The third-order valence-corrected chi connectivity index (χ3v) is 3.79. The van der Waals surface area contributed by atoms with Crippen LogP contribution in [0.3, 0.4) is 0 Å². The summed E-state index contributed by atoms with van der Waals surface area (Å²) in [5, 5.41) is 10.6. The summed E-state index contributed by atoms with van der Waals surface area (Å²) in [4.78, 5) is 35.5. The van der Waals surface area contributed by atoms with E-state index in [4.69, 9.17) is 16.7 Å². The molecule has 0 radical (unpaired) electrons. The van der Waals surface area contributed by atoms with Crippen LogP contribution in [0.4, 0.5) is 10.5 Å². The second-order valence-electron chi connectivity index (χ2n) is 3.97. The van der Waals surface area contributed by atoms with Crippen molar-refractivity contribution in [2.45, 2.75) is 5.37 Å². The fraction of sp³-hybridized carbons (Fsp3) is 0.250. The molecule has 1 fully saturated rings. The molecule has 1 unspecified atom stereocenters. The zero-order chi connectivity index (χ0) is 14.7. The summed E-state index contributed by atoms with van der Waals surface area (Å²) in [5.74, 6) is -1.25. The summed E-state index contributed by atoms with van der Waals surface area (Å²) in [6.45, 7) is 0.166. The normalized spacial score (nSPS) is 18.4. The number of halogens is 1. The molecule has 1 aromatic rings. The van der Waals surface area contributed by atoms with Crippen molar-refractivity contribution < 1.29 is 19.5 Å². The van der Waals surface area contributed by atoms with Crippen LogP contribution in [0.25, 0.3) is 0 Å². The molecule has 1 aromatic carbocycles. The van der Waals surface area contributed by atoms with Crippen LogP contribution in [0.2, 0.25) is 0 Å². The highest BCUT2D eigenvalue weighted by molar-refractivity contribution is 8.15. The van der Waals surface area contributed by atoms with E-state index in [1.807, 2.05) is 0 Å². The number of carbonyl (C=O) groups excluding carboxylic acids is 2. The van der Waals surface area contributed by atoms with Crippen LogP contribution < -0.4 is 5.32 Å². The highest BCUT2D eigenvalue weighted by atomic mass is 35.5. The standard InChI is InChI=1S/C12H11ClN2O4S/c13-4-5-15-10(16)9(20-12(15)19)14-8-3-1-2-7(6-8)11(17)18/h1-3,6,9,14H,4-5H2,(H,17,18). The zero-order valence-corrected chi connectivity index (χ0v) is 11.8. The van der Waals surface area contributed by atoms with Crippen molar-refractivity contribution >= 4 is 46.2 Å². The number of aromatic carboxylic acids is 1. The van der Waals surface area contributed by atoms with Crippen LogP contribution in [0.1, 0.15) is 10.4 Å². The van der Waals surface area contributed by atoms with Gasteiger partial charge in [-0.05, 0) is 30.0 Å². The number of alkyl halides is 1. The van der Waals surface area contributed by atoms with Gasteiger partial charge in [0.05, 0.1) is 5.56 Å². The van der Waals surface area contributed by atoms with Gasteiger partial charge in [0.25, 0.3) is 11.1 Å². The molecule has 1 aliphatic rings. The number of nitrogens with one attached hydrogen (secondary N) is 1. The summed E-state index contributed by atoms with van der Waals surface area (Å²) in [7, 11) is 0. The Morgan fingerprint density at radius 2 is 2.20 bits per heavy atom. The lowest BCUT2D eigenvalue weighted by Crippen LogP contribution is -2.35. The molecule has 2 rings (SSSR count). The maximum absolute atomic E-state index is 12.0. The summed E-state index contributed by atoms with van der Waals surface area (Å²) < 4.78 is 0. The summed E-state index contributed by atoms with van der Waals surface area (Å²) in [6, 6.07) is 6.05. The highest BCUT2D eigenvalue weighted by Crippen LogP contribution is 2.28. The van der Waals surface area contributed by atoms with Crippen molar-refractivity contribution in [3.8, 4) is 0 Å². The van der Waals surface area contributed by atoms with Gasteiger partial charge < -0.3 is 10.4 Å². The molecule has 0 saturated carbocycles. The third kappa shape index (κ3) is 3.05. The molecule has 0 aliphatic carbocycles. The van der Waals surface area contributed by atoms with E-state index in [9.17, 15) is 14.4 Å². The summed E-state index contributed by atoms with van der Waals surface area (Å²) >= 11 is 6.39. The number of carboxylic acid groups (broad SMARTS) is 1. The predicted octanol–water partition coefficient (Wildman–Crippen LogP) is 2.06. The Labute approximate surface area is 124 Å². The Balaban J connectivity index is 2.11. The average molecular weight is 315 g/mol. The minimum absolute atomic E-state index is 0.106. The molecule has 6 nitrogen and oxygen atoms in total. The van der Waals surface area contributed by atoms with E-state index in [2.05, 4.69) is 5.32 Å². The van der Waals surface area contributed by atoms with Crippen LogP contribution in [-0.4, -0.2) is 44.9 Å². The van der Waals surface area contributed by atoms with Gasteiger partial charge in [-0.2, -0.15) is 0 Å². The van der Waals surface area contributed by atoms with E-state index in [-0.39, 0.29) is 29.1 Å². The Kier molecular flexibility index (Phi) is 4.51. The lowest BCUT2D eigenvalue weighted by atomic mass is 10.2. The molecule has 0 spiro atoms. The molecular weight excluding hydrogens is 304 g/mol. The van der Waals surface area contributed by atoms with Gasteiger partial charge in [0, 0.05) is 18.1 Å². The first-order valence-electron chi connectivity index (χ1n) is 5.71. The van der Waals surface area contributed by atoms with E-state index in [1.165, 1.54) is 12.1 Å². The van der Waals surface area contributed by atoms with E-state index in [0.717, 1.165) is 16.7 Å². The maximum atomic E-state index is 12.0. The number of anilines is 1. The van der Waals surface area contributed by atoms with Crippen molar-refractivity contribution in [1.29, 1.82) is 0 Å². The molecule has 1 heterocycles. The first kappa shape index (κ1) is 14.7. The number of carboxylic acids is 1. The Bertz CT molecular complexity index is 566. The number of nitrogens with zero attached hydrogens (tertiary/aromatic N) is 1. The number of carbonyl (C=O) groups is 3. The van der Waals surface area contributed by atoms with Crippen LogP contribution in [0.5, 0.6) is 0 Å². The lowest BCUT2D eigenvalue weighted by Gasteiger charge is -2.13. The molecule has 2 amide bonds. The topological polar surface area (TPSA) is 86.7 Å². The van der Waals surface area contributed by atoms with Gasteiger partial charge in [-0.25, -0.2) is 4.79 Å². The minimum atomic E-state index is -1.06. The first-order chi connectivity index (χ1) is 9.52. The van der Waals surface area contributed by atoms with Crippen LogP contribution >= 0.6 is 23.4 Å². The maximum Gasteiger partial charge on any atom is 0.335 e. The fourth-order valence-corrected chi connectivity index (χ4v) is 2.82. The van der Waals surface area contributed by atoms with Gasteiger partial charge in [0.2, 0.25) is 0 Å². The van der Waals surface area contributed by atoms with Crippen LogP contribution in [0.15, 0.2) is 24.3 Å². The molecule has 106 valence electrons. The van der Waals surface area contributed by atoms with E-state index in [1.54, 1.807) is 12.1 Å². The highest BCUT2D eigenvalue weighted by Gasteiger charge is 2.39. The third-order valence-electron chi connectivity index (χ3n) is 2.64. The van der Waals surface area contributed by atoms with Gasteiger partial charge in [-0.1, -0.05) is 6.07 Å².